The molecule has 0 saturated carbocycles. The molecule has 1 aromatic carbocycles. The smallest absolute Gasteiger partial charge is 0.207 e. The molecule has 1 aliphatic rings. The van der Waals surface area contributed by atoms with Crippen molar-refractivity contribution in [1.82, 2.24) is 4.90 Å². The van der Waals surface area contributed by atoms with Crippen molar-refractivity contribution in [3.05, 3.63) is 34.9 Å². The number of halogens is 1. The van der Waals surface area contributed by atoms with Gasteiger partial charge in [0.1, 0.15) is 0 Å². The average molecular weight is 253 g/mol. The standard InChI is InChI=1S/C13H17ClN2O/c1-9-13(2,3)16(4)12(17-15-9)10-5-7-11(14)8-6-10/h5-8,12H,1-4H3/t12-/m0/s1. The van der Waals surface area contributed by atoms with Crippen molar-refractivity contribution in [2.75, 3.05) is 7.05 Å². The maximum atomic E-state index is 5.88. The van der Waals surface area contributed by atoms with E-state index in [1.165, 1.54) is 0 Å². The minimum Gasteiger partial charge on any atom is -0.371 e. The average Bonchev–Trinajstić information content (AvgIpc) is 2.29. The summed E-state index contributed by atoms with van der Waals surface area (Å²) in [5.74, 6) is 0. The fourth-order valence-electron chi connectivity index (χ4n) is 1.77. The molecule has 92 valence electrons. The molecule has 0 saturated heterocycles. The Morgan fingerprint density at radius 1 is 1.29 bits per heavy atom. The fraction of sp³-hybridized carbons (Fsp3) is 0.462. The number of benzene rings is 1. The van der Waals surface area contributed by atoms with Crippen LogP contribution in [0.5, 0.6) is 0 Å². The molecule has 0 N–H and O–H groups in total. The van der Waals surface area contributed by atoms with Crippen LogP contribution in [-0.4, -0.2) is 23.2 Å². The molecule has 0 aromatic heterocycles. The quantitative estimate of drug-likeness (QED) is 0.765. The zero-order valence-corrected chi connectivity index (χ0v) is 11.3. The van der Waals surface area contributed by atoms with Gasteiger partial charge in [-0.25, -0.2) is 0 Å². The van der Waals surface area contributed by atoms with Gasteiger partial charge in [0, 0.05) is 10.6 Å². The lowest BCUT2D eigenvalue weighted by atomic mass is 9.95. The first-order valence-electron chi connectivity index (χ1n) is 5.62. The lowest BCUT2D eigenvalue weighted by Gasteiger charge is -2.42. The van der Waals surface area contributed by atoms with E-state index >= 15 is 0 Å². The van der Waals surface area contributed by atoms with Crippen molar-refractivity contribution < 1.29 is 4.84 Å². The second-order valence-corrected chi connectivity index (χ2v) is 5.29. The molecular formula is C13H17ClN2O. The first-order valence-corrected chi connectivity index (χ1v) is 6.00. The summed E-state index contributed by atoms with van der Waals surface area (Å²) in [5, 5.41) is 4.88. The minimum atomic E-state index is -0.161. The van der Waals surface area contributed by atoms with Gasteiger partial charge in [-0.1, -0.05) is 28.9 Å². The van der Waals surface area contributed by atoms with Crippen molar-refractivity contribution in [2.24, 2.45) is 5.16 Å². The molecule has 2 rings (SSSR count). The Hall–Kier alpha value is -1.06. The molecule has 0 radical (unpaired) electrons. The Morgan fingerprint density at radius 3 is 2.47 bits per heavy atom. The Bertz CT molecular complexity index is 439. The Balaban J connectivity index is 2.33. The van der Waals surface area contributed by atoms with E-state index < -0.39 is 0 Å². The third kappa shape index (κ3) is 2.17. The van der Waals surface area contributed by atoms with E-state index in [9.17, 15) is 0 Å². The van der Waals surface area contributed by atoms with Crippen LogP contribution >= 0.6 is 11.6 Å². The molecule has 1 aliphatic heterocycles. The Morgan fingerprint density at radius 2 is 1.88 bits per heavy atom. The summed E-state index contributed by atoms with van der Waals surface area (Å²) in [6.45, 7) is 6.25. The lowest BCUT2D eigenvalue weighted by Crippen LogP contribution is -2.51. The molecule has 1 aromatic rings. The Kier molecular flexibility index (Phi) is 3.15. The van der Waals surface area contributed by atoms with Crippen LogP contribution in [0.25, 0.3) is 0 Å². The number of nitrogens with zero attached hydrogens (tertiary/aromatic N) is 2. The van der Waals surface area contributed by atoms with Gasteiger partial charge in [0.2, 0.25) is 6.23 Å². The highest BCUT2D eigenvalue weighted by atomic mass is 35.5. The minimum absolute atomic E-state index is 0.109. The zero-order chi connectivity index (χ0) is 12.6. The van der Waals surface area contributed by atoms with Crippen molar-refractivity contribution in [3.63, 3.8) is 0 Å². The van der Waals surface area contributed by atoms with Gasteiger partial charge >= 0.3 is 0 Å². The highest BCUT2D eigenvalue weighted by molar-refractivity contribution is 6.30. The third-order valence-electron chi connectivity index (χ3n) is 3.56. The largest absolute Gasteiger partial charge is 0.371 e. The van der Waals surface area contributed by atoms with Crippen LogP contribution < -0.4 is 0 Å². The maximum absolute atomic E-state index is 5.88. The van der Waals surface area contributed by atoms with Crippen LogP contribution in [-0.2, 0) is 4.84 Å². The topological polar surface area (TPSA) is 24.8 Å². The zero-order valence-electron chi connectivity index (χ0n) is 10.6. The second-order valence-electron chi connectivity index (χ2n) is 4.86. The van der Waals surface area contributed by atoms with E-state index in [2.05, 4.69) is 23.9 Å². The van der Waals surface area contributed by atoms with E-state index in [-0.39, 0.29) is 11.8 Å². The van der Waals surface area contributed by atoms with Crippen LogP contribution in [0.1, 0.15) is 32.6 Å². The first kappa shape index (κ1) is 12.4. The SMILES string of the molecule is CC1=NO[C@@H](c2ccc(Cl)cc2)N(C)C1(C)C. The normalized spacial score (nSPS) is 24.1. The van der Waals surface area contributed by atoms with Gasteiger partial charge in [-0.3, -0.25) is 4.90 Å². The number of hydrogen-bond acceptors (Lipinski definition) is 3. The molecule has 3 nitrogen and oxygen atoms in total. The van der Waals surface area contributed by atoms with Gasteiger partial charge in [0.05, 0.1) is 11.3 Å². The van der Waals surface area contributed by atoms with Crippen molar-refractivity contribution in [1.29, 1.82) is 0 Å². The summed E-state index contributed by atoms with van der Waals surface area (Å²) in [5.41, 5.74) is 1.93. The maximum Gasteiger partial charge on any atom is 0.207 e. The highest BCUT2D eigenvalue weighted by Gasteiger charge is 2.38. The molecule has 0 unspecified atom stereocenters. The van der Waals surface area contributed by atoms with E-state index in [4.69, 9.17) is 16.4 Å². The number of oxime groups is 1. The van der Waals surface area contributed by atoms with Crippen LogP contribution in [0, 0.1) is 0 Å². The van der Waals surface area contributed by atoms with E-state index in [0.29, 0.717) is 0 Å². The summed E-state index contributed by atoms with van der Waals surface area (Å²) < 4.78 is 0. The van der Waals surface area contributed by atoms with E-state index in [1.807, 2.05) is 38.2 Å². The van der Waals surface area contributed by atoms with Gasteiger partial charge in [0.25, 0.3) is 0 Å². The van der Waals surface area contributed by atoms with Gasteiger partial charge in [0.15, 0.2) is 0 Å². The fourth-order valence-corrected chi connectivity index (χ4v) is 1.90. The molecule has 17 heavy (non-hydrogen) atoms. The van der Waals surface area contributed by atoms with Crippen LogP contribution in [0.2, 0.25) is 5.02 Å². The van der Waals surface area contributed by atoms with Gasteiger partial charge in [-0.05, 0) is 40.0 Å². The molecular weight excluding hydrogens is 236 g/mol. The van der Waals surface area contributed by atoms with Crippen LogP contribution in [0.15, 0.2) is 29.4 Å². The van der Waals surface area contributed by atoms with E-state index in [1.54, 1.807) is 0 Å². The van der Waals surface area contributed by atoms with Crippen LogP contribution in [0.3, 0.4) is 0 Å². The summed E-state index contributed by atoms with van der Waals surface area (Å²) in [4.78, 5) is 7.70. The van der Waals surface area contributed by atoms with Gasteiger partial charge < -0.3 is 4.84 Å². The predicted octanol–water partition coefficient (Wildman–Crippen LogP) is 3.46. The summed E-state index contributed by atoms with van der Waals surface area (Å²) in [6.07, 6.45) is -0.161. The molecule has 4 heteroatoms. The molecule has 0 bridgehead atoms. The molecule has 1 atom stereocenters. The molecule has 0 spiro atoms. The predicted molar refractivity (Wildman–Crippen MR) is 70.2 cm³/mol. The van der Waals surface area contributed by atoms with Gasteiger partial charge in [-0.15, -0.1) is 0 Å². The summed E-state index contributed by atoms with van der Waals surface area (Å²) >= 11 is 5.88. The van der Waals surface area contributed by atoms with Gasteiger partial charge in [-0.2, -0.15) is 0 Å². The van der Waals surface area contributed by atoms with E-state index in [0.717, 1.165) is 16.3 Å². The second kappa shape index (κ2) is 4.31. The molecule has 1 heterocycles. The van der Waals surface area contributed by atoms with Crippen molar-refractivity contribution >= 4 is 17.3 Å². The lowest BCUT2D eigenvalue weighted by molar-refractivity contribution is -0.0933. The monoisotopic (exact) mass is 252 g/mol. The Labute approximate surface area is 107 Å². The highest BCUT2D eigenvalue weighted by Crippen LogP contribution is 2.33. The summed E-state index contributed by atoms with van der Waals surface area (Å²) in [7, 11) is 2.04. The molecule has 0 amide bonds. The van der Waals surface area contributed by atoms with Crippen molar-refractivity contribution in [3.8, 4) is 0 Å². The number of hydrogen-bond donors (Lipinski definition) is 0. The first-order chi connectivity index (χ1) is 7.93. The van der Waals surface area contributed by atoms with Crippen LogP contribution in [0.4, 0.5) is 0 Å². The number of rotatable bonds is 1. The molecule has 0 fully saturated rings. The third-order valence-corrected chi connectivity index (χ3v) is 3.82. The summed E-state index contributed by atoms with van der Waals surface area (Å²) in [6, 6.07) is 7.67. The van der Waals surface area contributed by atoms with Crippen molar-refractivity contribution in [2.45, 2.75) is 32.5 Å². The molecule has 0 aliphatic carbocycles.